The van der Waals surface area contributed by atoms with Crippen molar-refractivity contribution >= 4 is 5.91 Å². The molecule has 0 spiro atoms. The maximum absolute atomic E-state index is 11.7. The SMILES string of the molecule is O=C1NCc2c1cccc2-c1ccc(-c2ncno2)cc1. The number of carbonyl (C=O) groups excluding carboxylic acids is 1. The second kappa shape index (κ2) is 4.56. The largest absolute Gasteiger partial charge is 0.348 e. The van der Waals surface area contributed by atoms with Crippen LogP contribution in [0.4, 0.5) is 0 Å². The van der Waals surface area contributed by atoms with E-state index in [9.17, 15) is 4.79 Å². The van der Waals surface area contributed by atoms with Crippen LogP contribution in [0.5, 0.6) is 0 Å². The minimum Gasteiger partial charge on any atom is -0.348 e. The third-order valence-electron chi connectivity index (χ3n) is 3.65. The van der Waals surface area contributed by atoms with Crippen molar-refractivity contribution in [3.63, 3.8) is 0 Å². The Bertz CT molecular complexity index is 808. The molecule has 0 bridgehead atoms. The van der Waals surface area contributed by atoms with Crippen molar-refractivity contribution in [3.05, 3.63) is 59.9 Å². The second-order valence-electron chi connectivity index (χ2n) is 4.84. The lowest BCUT2D eigenvalue weighted by Crippen LogP contribution is -2.12. The molecule has 0 saturated carbocycles. The Labute approximate surface area is 120 Å². The number of nitrogens with zero attached hydrogens (tertiary/aromatic N) is 2. The van der Waals surface area contributed by atoms with Gasteiger partial charge >= 0.3 is 0 Å². The van der Waals surface area contributed by atoms with E-state index in [1.54, 1.807) is 0 Å². The summed E-state index contributed by atoms with van der Waals surface area (Å²) in [6, 6.07) is 13.7. The second-order valence-corrected chi connectivity index (χ2v) is 4.84. The van der Waals surface area contributed by atoms with Crippen molar-refractivity contribution in [1.82, 2.24) is 15.5 Å². The standard InChI is InChI=1S/C16H11N3O2/c20-15-13-3-1-2-12(14(13)8-17-15)10-4-6-11(7-5-10)16-18-9-19-21-16/h1-7,9H,8H2,(H,17,20). The molecule has 0 aliphatic carbocycles. The van der Waals surface area contributed by atoms with Gasteiger partial charge in [-0.25, -0.2) is 0 Å². The van der Waals surface area contributed by atoms with Crippen molar-refractivity contribution < 1.29 is 9.32 Å². The van der Waals surface area contributed by atoms with Gasteiger partial charge in [-0.05, 0) is 34.9 Å². The zero-order valence-corrected chi connectivity index (χ0v) is 11.0. The highest BCUT2D eigenvalue weighted by atomic mass is 16.5. The van der Waals surface area contributed by atoms with Gasteiger partial charge in [0.05, 0.1) is 0 Å². The molecule has 1 aromatic heterocycles. The van der Waals surface area contributed by atoms with E-state index in [1.165, 1.54) is 6.33 Å². The highest BCUT2D eigenvalue weighted by molar-refractivity contribution is 6.00. The highest BCUT2D eigenvalue weighted by Crippen LogP contribution is 2.30. The Kier molecular flexibility index (Phi) is 2.57. The molecule has 2 heterocycles. The van der Waals surface area contributed by atoms with E-state index < -0.39 is 0 Å². The first-order valence-electron chi connectivity index (χ1n) is 6.60. The van der Waals surface area contributed by atoms with E-state index in [1.807, 2.05) is 42.5 Å². The zero-order chi connectivity index (χ0) is 14.2. The Hall–Kier alpha value is -2.95. The normalized spacial score (nSPS) is 13.0. The van der Waals surface area contributed by atoms with Gasteiger partial charge in [0.15, 0.2) is 6.33 Å². The van der Waals surface area contributed by atoms with E-state index in [0.29, 0.717) is 12.4 Å². The Morgan fingerprint density at radius 1 is 1.00 bits per heavy atom. The van der Waals surface area contributed by atoms with Crippen LogP contribution in [0.15, 0.2) is 53.3 Å². The first-order valence-corrected chi connectivity index (χ1v) is 6.60. The van der Waals surface area contributed by atoms with Crippen LogP contribution in [-0.2, 0) is 6.54 Å². The molecule has 102 valence electrons. The first-order chi connectivity index (χ1) is 10.3. The molecule has 5 nitrogen and oxygen atoms in total. The molecule has 21 heavy (non-hydrogen) atoms. The summed E-state index contributed by atoms with van der Waals surface area (Å²) in [4.78, 5) is 15.7. The number of rotatable bonds is 2. The summed E-state index contributed by atoms with van der Waals surface area (Å²) in [7, 11) is 0. The van der Waals surface area contributed by atoms with Gasteiger partial charge in [-0.3, -0.25) is 4.79 Å². The fourth-order valence-electron chi connectivity index (χ4n) is 2.62. The third kappa shape index (κ3) is 1.90. The van der Waals surface area contributed by atoms with Crippen LogP contribution in [0.25, 0.3) is 22.6 Å². The van der Waals surface area contributed by atoms with Crippen LogP contribution in [0.2, 0.25) is 0 Å². The van der Waals surface area contributed by atoms with Crippen LogP contribution in [0, 0.1) is 0 Å². The maximum atomic E-state index is 11.7. The maximum Gasteiger partial charge on any atom is 0.257 e. The predicted octanol–water partition coefficient (Wildman–Crippen LogP) is 2.65. The van der Waals surface area contributed by atoms with E-state index in [4.69, 9.17) is 4.52 Å². The summed E-state index contributed by atoms with van der Waals surface area (Å²) in [6.07, 6.45) is 1.38. The number of nitrogens with one attached hydrogen (secondary N) is 1. The van der Waals surface area contributed by atoms with Crippen LogP contribution in [0.3, 0.4) is 0 Å². The minimum absolute atomic E-state index is 0.00525. The van der Waals surface area contributed by atoms with Crippen molar-refractivity contribution in [2.45, 2.75) is 6.54 Å². The molecular weight excluding hydrogens is 266 g/mol. The number of aromatic nitrogens is 2. The van der Waals surface area contributed by atoms with Crippen LogP contribution >= 0.6 is 0 Å². The van der Waals surface area contributed by atoms with Crippen molar-refractivity contribution in [3.8, 4) is 22.6 Å². The van der Waals surface area contributed by atoms with Gasteiger partial charge in [0.1, 0.15) is 0 Å². The molecule has 1 aliphatic rings. The number of hydrogen-bond acceptors (Lipinski definition) is 4. The molecule has 1 amide bonds. The van der Waals surface area contributed by atoms with Gasteiger partial charge in [-0.15, -0.1) is 0 Å². The van der Waals surface area contributed by atoms with Crippen molar-refractivity contribution in [1.29, 1.82) is 0 Å². The highest BCUT2D eigenvalue weighted by Gasteiger charge is 2.21. The Morgan fingerprint density at radius 3 is 2.52 bits per heavy atom. The van der Waals surface area contributed by atoms with E-state index in [2.05, 4.69) is 15.5 Å². The number of fused-ring (bicyclic) bond motifs is 1. The molecule has 0 fully saturated rings. The first kappa shape index (κ1) is 11.8. The monoisotopic (exact) mass is 277 g/mol. The smallest absolute Gasteiger partial charge is 0.257 e. The topological polar surface area (TPSA) is 68.0 Å². The zero-order valence-electron chi connectivity index (χ0n) is 11.0. The summed E-state index contributed by atoms with van der Waals surface area (Å²) in [6.45, 7) is 0.579. The molecule has 1 N–H and O–H groups in total. The van der Waals surface area contributed by atoms with Crippen LogP contribution in [-0.4, -0.2) is 16.0 Å². The fraction of sp³-hybridized carbons (Fsp3) is 0.0625. The quantitative estimate of drug-likeness (QED) is 0.782. The van der Waals surface area contributed by atoms with Gasteiger partial charge < -0.3 is 9.84 Å². The molecule has 0 radical (unpaired) electrons. The molecule has 0 unspecified atom stereocenters. The predicted molar refractivity (Wildman–Crippen MR) is 76.3 cm³/mol. The Balaban J connectivity index is 1.77. The molecule has 2 aromatic carbocycles. The number of benzene rings is 2. The molecule has 0 saturated heterocycles. The summed E-state index contributed by atoms with van der Waals surface area (Å²) in [5.41, 5.74) is 4.81. The van der Waals surface area contributed by atoms with Gasteiger partial charge in [0.25, 0.3) is 11.8 Å². The van der Waals surface area contributed by atoms with E-state index in [0.717, 1.165) is 27.8 Å². The summed E-state index contributed by atoms with van der Waals surface area (Å²) in [5.74, 6) is 0.492. The molecule has 1 aliphatic heterocycles. The molecule has 3 aromatic rings. The Morgan fingerprint density at radius 2 is 1.76 bits per heavy atom. The van der Waals surface area contributed by atoms with Gasteiger partial charge in [0, 0.05) is 17.7 Å². The average Bonchev–Trinajstić information content (AvgIpc) is 3.18. The van der Waals surface area contributed by atoms with Crippen LogP contribution in [0.1, 0.15) is 15.9 Å². The molecular formula is C16H11N3O2. The number of amides is 1. The number of carbonyl (C=O) groups is 1. The third-order valence-corrected chi connectivity index (χ3v) is 3.65. The van der Waals surface area contributed by atoms with Gasteiger partial charge in [-0.2, -0.15) is 4.98 Å². The number of hydrogen-bond donors (Lipinski definition) is 1. The van der Waals surface area contributed by atoms with E-state index >= 15 is 0 Å². The summed E-state index contributed by atoms with van der Waals surface area (Å²) >= 11 is 0. The van der Waals surface area contributed by atoms with E-state index in [-0.39, 0.29) is 5.91 Å². The lowest BCUT2D eigenvalue weighted by Gasteiger charge is -2.07. The molecule has 4 rings (SSSR count). The van der Waals surface area contributed by atoms with Crippen molar-refractivity contribution in [2.75, 3.05) is 0 Å². The lowest BCUT2D eigenvalue weighted by molar-refractivity contribution is 0.0966. The van der Waals surface area contributed by atoms with Gasteiger partial charge in [0.2, 0.25) is 0 Å². The summed E-state index contributed by atoms with van der Waals surface area (Å²) < 4.78 is 5.04. The fourth-order valence-corrected chi connectivity index (χ4v) is 2.62. The van der Waals surface area contributed by atoms with Crippen LogP contribution < -0.4 is 5.32 Å². The average molecular weight is 277 g/mol. The summed E-state index contributed by atoms with van der Waals surface area (Å²) in [5, 5.41) is 6.46. The van der Waals surface area contributed by atoms with Gasteiger partial charge in [-0.1, -0.05) is 29.4 Å². The molecule has 5 heteroatoms. The minimum atomic E-state index is -0.00525. The lowest BCUT2D eigenvalue weighted by atomic mass is 9.96. The van der Waals surface area contributed by atoms with Crippen molar-refractivity contribution in [2.24, 2.45) is 0 Å². The molecule has 0 atom stereocenters.